The minimum Gasteiger partial charge on any atom is -0.348 e. The maximum absolute atomic E-state index is 12.7. The minimum absolute atomic E-state index is 0.0502. The van der Waals surface area contributed by atoms with Crippen molar-refractivity contribution >= 4 is 5.91 Å². The van der Waals surface area contributed by atoms with Gasteiger partial charge in [0.15, 0.2) is 0 Å². The lowest BCUT2D eigenvalue weighted by Gasteiger charge is -2.30. The van der Waals surface area contributed by atoms with E-state index in [4.69, 9.17) is 0 Å². The number of carbonyl (C=O) groups is 1. The van der Waals surface area contributed by atoms with Crippen LogP contribution >= 0.6 is 0 Å². The van der Waals surface area contributed by atoms with Crippen LogP contribution in [-0.4, -0.2) is 18.0 Å². The number of nitrogens with one attached hydrogen (secondary N) is 2. The van der Waals surface area contributed by atoms with Crippen molar-refractivity contribution in [2.75, 3.05) is 6.54 Å². The Kier molecular flexibility index (Phi) is 5.04. The van der Waals surface area contributed by atoms with E-state index in [0.717, 1.165) is 32.2 Å². The van der Waals surface area contributed by atoms with Crippen LogP contribution in [0.4, 0.5) is 0 Å². The standard InChI is InChI=1S/C18H28N2O/c1-5-9-18(10-6-11-19-18)17(21)20-15(4)16-8-7-13(2)12-14(16)3/h7-8,12,15,19H,5-6,9-11H2,1-4H3,(H,20,21). The van der Waals surface area contributed by atoms with Gasteiger partial charge in [-0.15, -0.1) is 0 Å². The molecular formula is C18H28N2O. The minimum atomic E-state index is -0.346. The highest BCUT2D eigenvalue weighted by Crippen LogP contribution is 2.27. The Morgan fingerprint density at radius 3 is 2.76 bits per heavy atom. The van der Waals surface area contributed by atoms with Crippen molar-refractivity contribution in [2.24, 2.45) is 0 Å². The summed E-state index contributed by atoms with van der Waals surface area (Å²) in [5, 5.41) is 6.66. The highest BCUT2D eigenvalue weighted by atomic mass is 16.2. The fourth-order valence-electron chi connectivity index (χ4n) is 3.48. The van der Waals surface area contributed by atoms with E-state index in [9.17, 15) is 4.79 Å². The molecule has 1 saturated heterocycles. The first kappa shape index (κ1) is 16.0. The molecule has 0 aliphatic carbocycles. The first-order valence-electron chi connectivity index (χ1n) is 8.11. The zero-order valence-corrected chi connectivity index (χ0v) is 13.8. The van der Waals surface area contributed by atoms with Crippen LogP contribution in [0.1, 0.15) is 62.3 Å². The fraction of sp³-hybridized carbons (Fsp3) is 0.611. The molecule has 1 aromatic rings. The second-order valence-electron chi connectivity index (χ2n) is 6.42. The molecule has 1 aliphatic heterocycles. The van der Waals surface area contributed by atoms with Gasteiger partial charge in [0.25, 0.3) is 0 Å². The second kappa shape index (κ2) is 6.61. The topological polar surface area (TPSA) is 41.1 Å². The van der Waals surface area contributed by atoms with Gasteiger partial charge in [0.05, 0.1) is 11.6 Å². The van der Waals surface area contributed by atoms with Crippen LogP contribution in [0, 0.1) is 13.8 Å². The molecule has 3 heteroatoms. The third kappa shape index (κ3) is 3.46. The molecule has 116 valence electrons. The van der Waals surface area contributed by atoms with Crippen LogP contribution in [0.3, 0.4) is 0 Å². The van der Waals surface area contributed by atoms with Gasteiger partial charge in [-0.05, 0) is 57.7 Å². The van der Waals surface area contributed by atoms with Crippen molar-refractivity contribution in [3.8, 4) is 0 Å². The monoisotopic (exact) mass is 288 g/mol. The Hall–Kier alpha value is -1.35. The predicted molar refractivity (Wildman–Crippen MR) is 87.3 cm³/mol. The molecule has 1 aromatic carbocycles. The number of carbonyl (C=O) groups excluding carboxylic acids is 1. The quantitative estimate of drug-likeness (QED) is 0.872. The highest BCUT2D eigenvalue weighted by molar-refractivity contribution is 5.87. The maximum Gasteiger partial charge on any atom is 0.240 e. The molecule has 0 aromatic heterocycles. The summed E-state index contributed by atoms with van der Waals surface area (Å²) in [5.41, 5.74) is 3.36. The molecule has 0 spiro atoms. The summed E-state index contributed by atoms with van der Waals surface area (Å²) in [6, 6.07) is 6.47. The summed E-state index contributed by atoms with van der Waals surface area (Å²) in [6.07, 6.45) is 3.98. The second-order valence-corrected chi connectivity index (χ2v) is 6.42. The lowest BCUT2D eigenvalue weighted by Crippen LogP contribution is -2.53. The maximum atomic E-state index is 12.7. The summed E-state index contributed by atoms with van der Waals surface area (Å²) in [4.78, 5) is 12.7. The van der Waals surface area contributed by atoms with Crippen molar-refractivity contribution in [1.82, 2.24) is 10.6 Å². The first-order chi connectivity index (χ1) is 9.98. The Morgan fingerprint density at radius 1 is 1.43 bits per heavy atom. The van der Waals surface area contributed by atoms with E-state index in [1.54, 1.807) is 0 Å². The summed E-state index contributed by atoms with van der Waals surface area (Å²) in [7, 11) is 0. The van der Waals surface area contributed by atoms with Crippen LogP contribution in [-0.2, 0) is 4.79 Å². The Bertz CT molecular complexity index is 504. The van der Waals surface area contributed by atoms with Crippen LogP contribution in [0.5, 0.6) is 0 Å². The lowest BCUT2D eigenvalue weighted by atomic mass is 9.90. The van der Waals surface area contributed by atoms with E-state index < -0.39 is 0 Å². The van der Waals surface area contributed by atoms with E-state index in [1.807, 2.05) is 0 Å². The molecule has 1 amide bonds. The third-order valence-corrected chi connectivity index (χ3v) is 4.59. The summed E-state index contributed by atoms with van der Waals surface area (Å²) < 4.78 is 0. The zero-order valence-electron chi connectivity index (χ0n) is 13.8. The first-order valence-corrected chi connectivity index (χ1v) is 8.11. The van der Waals surface area contributed by atoms with Crippen molar-refractivity contribution in [2.45, 2.75) is 65.0 Å². The molecule has 2 atom stereocenters. The van der Waals surface area contributed by atoms with Crippen molar-refractivity contribution in [3.05, 3.63) is 34.9 Å². The molecule has 3 nitrogen and oxygen atoms in total. The molecule has 1 heterocycles. The van der Waals surface area contributed by atoms with E-state index in [2.05, 4.69) is 56.5 Å². The SMILES string of the molecule is CCCC1(C(=O)NC(C)c2ccc(C)cc2C)CCCN1. The van der Waals surface area contributed by atoms with Crippen LogP contribution in [0.25, 0.3) is 0 Å². The molecule has 21 heavy (non-hydrogen) atoms. The van der Waals surface area contributed by atoms with E-state index in [0.29, 0.717) is 0 Å². The largest absolute Gasteiger partial charge is 0.348 e. The molecule has 2 rings (SSSR count). The lowest BCUT2D eigenvalue weighted by molar-refractivity contribution is -0.128. The summed E-state index contributed by atoms with van der Waals surface area (Å²) in [5.74, 6) is 0.161. The summed E-state index contributed by atoms with van der Waals surface area (Å²) >= 11 is 0. The van der Waals surface area contributed by atoms with Gasteiger partial charge >= 0.3 is 0 Å². The number of hydrogen-bond donors (Lipinski definition) is 2. The molecule has 1 aliphatic rings. The van der Waals surface area contributed by atoms with E-state index in [-0.39, 0.29) is 17.5 Å². The smallest absolute Gasteiger partial charge is 0.240 e. The third-order valence-electron chi connectivity index (χ3n) is 4.59. The number of amides is 1. The Balaban J connectivity index is 2.10. The molecular weight excluding hydrogens is 260 g/mol. The fourth-order valence-corrected chi connectivity index (χ4v) is 3.48. The van der Waals surface area contributed by atoms with Gasteiger partial charge in [-0.1, -0.05) is 37.1 Å². The molecule has 0 bridgehead atoms. The number of rotatable bonds is 5. The molecule has 0 radical (unpaired) electrons. The number of benzene rings is 1. The van der Waals surface area contributed by atoms with E-state index >= 15 is 0 Å². The van der Waals surface area contributed by atoms with Crippen molar-refractivity contribution in [1.29, 1.82) is 0 Å². The molecule has 0 saturated carbocycles. The highest BCUT2D eigenvalue weighted by Gasteiger charge is 2.40. The zero-order chi connectivity index (χ0) is 15.5. The van der Waals surface area contributed by atoms with Crippen LogP contribution in [0.15, 0.2) is 18.2 Å². The van der Waals surface area contributed by atoms with E-state index in [1.165, 1.54) is 16.7 Å². The van der Waals surface area contributed by atoms with Gasteiger partial charge in [0.1, 0.15) is 0 Å². The van der Waals surface area contributed by atoms with Gasteiger partial charge in [-0.3, -0.25) is 4.79 Å². The number of hydrogen-bond acceptors (Lipinski definition) is 2. The Morgan fingerprint density at radius 2 is 2.19 bits per heavy atom. The van der Waals surface area contributed by atoms with Gasteiger partial charge < -0.3 is 10.6 Å². The van der Waals surface area contributed by atoms with Gasteiger partial charge in [-0.25, -0.2) is 0 Å². The van der Waals surface area contributed by atoms with Crippen LogP contribution < -0.4 is 10.6 Å². The Labute approximate surface area is 128 Å². The predicted octanol–water partition coefficient (Wildman–Crippen LogP) is 3.40. The average molecular weight is 288 g/mol. The van der Waals surface area contributed by atoms with Crippen molar-refractivity contribution in [3.63, 3.8) is 0 Å². The number of aryl methyl sites for hydroxylation is 2. The molecule has 1 fully saturated rings. The van der Waals surface area contributed by atoms with Gasteiger partial charge in [-0.2, -0.15) is 0 Å². The van der Waals surface area contributed by atoms with Gasteiger partial charge in [0.2, 0.25) is 5.91 Å². The van der Waals surface area contributed by atoms with Crippen LogP contribution in [0.2, 0.25) is 0 Å². The molecule has 2 N–H and O–H groups in total. The normalized spacial score (nSPS) is 23.0. The van der Waals surface area contributed by atoms with Gasteiger partial charge in [0, 0.05) is 0 Å². The average Bonchev–Trinajstić information content (AvgIpc) is 2.88. The summed E-state index contributed by atoms with van der Waals surface area (Å²) in [6.45, 7) is 9.37. The van der Waals surface area contributed by atoms with Crippen molar-refractivity contribution < 1.29 is 4.79 Å². The molecule has 2 unspecified atom stereocenters.